The van der Waals surface area contributed by atoms with Crippen LogP contribution in [-0.2, 0) is 11.2 Å². The summed E-state index contributed by atoms with van der Waals surface area (Å²) in [4.78, 5) is 34.1. The van der Waals surface area contributed by atoms with Gasteiger partial charge in [0, 0.05) is 44.0 Å². The summed E-state index contributed by atoms with van der Waals surface area (Å²) in [5.74, 6) is 0.517. The molecule has 0 unspecified atom stereocenters. The summed E-state index contributed by atoms with van der Waals surface area (Å²) in [5.41, 5.74) is 4.50. The minimum Gasteiger partial charge on any atom is -0.341 e. The van der Waals surface area contributed by atoms with Gasteiger partial charge in [-0.3, -0.25) is 9.89 Å². The standard InChI is InChI=1S/C33H44N6O2/c1-24-20-25(21-28-23-34-36-31(24)28)22-30(32(40)38-18-12-29(13-19-38)37-14-6-3-7-15-37)35-33(41)39-16-10-27(11-17-39)26-8-4-2-5-9-26/h2,4-5,8-9,20-21,23,27,29-30H,3,6-7,10-19,22H2,1H3,(H,34,36)(H,35,41)/t30-/m1/s1. The highest BCUT2D eigenvalue weighted by Gasteiger charge is 2.33. The summed E-state index contributed by atoms with van der Waals surface area (Å²) < 4.78 is 0. The van der Waals surface area contributed by atoms with Crippen molar-refractivity contribution in [2.24, 2.45) is 0 Å². The molecular formula is C33H44N6O2. The van der Waals surface area contributed by atoms with E-state index in [1.54, 1.807) is 0 Å². The van der Waals surface area contributed by atoms with Crippen molar-refractivity contribution >= 4 is 22.8 Å². The average Bonchev–Trinajstić information content (AvgIpc) is 3.51. The Labute approximate surface area is 243 Å². The minimum absolute atomic E-state index is 0.0413. The van der Waals surface area contributed by atoms with Gasteiger partial charge >= 0.3 is 6.03 Å². The van der Waals surface area contributed by atoms with E-state index in [9.17, 15) is 9.59 Å². The first-order chi connectivity index (χ1) is 20.0. The quantitative estimate of drug-likeness (QED) is 0.455. The summed E-state index contributed by atoms with van der Waals surface area (Å²) in [7, 11) is 0. The van der Waals surface area contributed by atoms with E-state index < -0.39 is 6.04 Å². The third-order valence-electron chi connectivity index (χ3n) is 9.58. The SMILES string of the molecule is Cc1cc(C[C@@H](NC(=O)N2CCC(c3ccccc3)CC2)C(=O)N2CCC(N3CCCCC3)CC2)cc2cn[nH]c12. The Kier molecular flexibility index (Phi) is 8.56. The van der Waals surface area contributed by atoms with Gasteiger partial charge in [-0.05, 0) is 87.2 Å². The molecule has 4 heterocycles. The number of aromatic amines is 1. The molecule has 0 saturated carbocycles. The molecule has 0 spiro atoms. The van der Waals surface area contributed by atoms with Gasteiger partial charge in [-0.25, -0.2) is 4.79 Å². The van der Waals surface area contributed by atoms with Crippen molar-refractivity contribution < 1.29 is 9.59 Å². The molecule has 1 aromatic heterocycles. The molecule has 8 heteroatoms. The van der Waals surface area contributed by atoms with E-state index in [1.807, 2.05) is 22.1 Å². The molecule has 6 rings (SSSR count). The van der Waals surface area contributed by atoms with Crippen molar-refractivity contribution in [1.82, 2.24) is 30.2 Å². The first kappa shape index (κ1) is 27.8. The van der Waals surface area contributed by atoms with Crippen molar-refractivity contribution in [2.45, 2.75) is 76.3 Å². The van der Waals surface area contributed by atoms with Gasteiger partial charge in [0.25, 0.3) is 0 Å². The van der Waals surface area contributed by atoms with Crippen molar-refractivity contribution in [1.29, 1.82) is 0 Å². The van der Waals surface area contributed by atoms with Crippen molar-refractivity contribution in [2.75, 3.05) is 39.3 Å². The second-order valence-electron chi connectivity index (χ2n) is 12.3. The Bertz CT molecular complexity index is 1320. The molecule has 2 N–H and O–H groups in total. The second-order valence-corrected chi connectivity index (χ2v) is 12.3. The van der Waals surface area contributed by atoms with Crippen LogP contribution in [0.3, 0.4) is 0 Å². The Balaban J connectivity index is 1.13. The van der Waals surface area contributed by atoms with E-state index >= 15 is 0 Å². The predicted octanol–water partition coefficient (Wildman–Crippen LogP) is 4.85. The van der Waals surface area contributed by atoms with Crippen molar-refractivity contribution in [3.8, 4) is 0 Å². The van der Waals surface area contributed by atoms with Crippen LogP contribution in [0.5, 0.6) is 0 Å². The summed E-state index contributed by atoms with van der Waals surface area (Å²) >= 11 is 0. The number of aryl methyl sites for hydroxylation is 1. The number of H-pyrrole nitrogens is 1. The molecule has 2 aromatic carbocycles. The van der Waals surface area contributed by atoms with Crippen LogP contribution in [0.1, 0.15) is 67.6 Å². The zero-order valence-electron chi connectivity index (χ0n) is 24.4. The zero-order valence-corrected chi connectivity index (χ0v) is 24.4. The number of nitrogens with zero attached hydrogens (tertiary/aromatic N) is 4. The number of benzene rings is 2. The maximum absolute atomic E-state index is 14.0. The second kappa shape index (κ2) is 12.6. The van der Waals surface area contributed by atoms with Crippen LogP contribution in [-0.4, -0.2) is 88.2 Å². The number of hydrogen-bond donors (Lipinski definition) is 2. The van der Waals surface area contributed by atoms with Crippen molar-refractivity contribution in [3.05, 3.63) is 65.4 Å². The van der Waals surface area contributed by atoms with Crippen LogP contribution in [0.15, 0.2) is 48.7 Å². The molecule has 0 bridgehead atoms. The van der Waals surface area contributed by atoms with Gasteiger partial charge in [0.2, 0.25) is 5.91 Å². The summed E-state index contributed by atoms with van der Waals surface area (Å²) in [6, 6.07) is 14.6. The number of rotatable bonds is 6. The Hall–Kier alpha value is -3.39. The monoisotopic (exact) mass is 556 g/mol. The van der Waals surface area contributed by atoms with Crippen LogP contribution in [0, 0.1) is 6.92 Å². The first-order valence-electron chi connectivity index (χ1n) is 15.6. The Morgan fingerprint density at radius 2 is 1.63 bits per heavy atom. The minimum atomic E-state index is -0.593. The predicted molar refractivity (Wildman–Crippen MR) is 162 cm³/mol. The lowest BCUT2D eigenvalue weighted by atomic mass is 9.89. The number of likely N-dealkylation sites (tertiary alicyclic amines) is 3. The molecule has 0 radical (unpaired) electrons. The fraction of sp³-hybridized carbons (Fsp3) is 0.545. The molecule has 218 valence electrons. The first-order valence-corrected chi connectivity index (χ1v) is 15.6. The smallest absolute Gasteiger partial charge is 0.318 e. The molecule has 41 heavy (non-hydrogen) atoms. The van der Waals surface area contributed by atoms with Gasteiger partial charge in [-0.2, -0.15) is 5.10 Å². The molecule has 3 aliphatic rings. The van der Waals surface area contributed by atoms with Crippen LogP contribution in [0.2, 0.25) is 0 Å². The summed E-state index contributed by atoms with van der Waals surface area (Å²) in [5, 5.41) is 11.5. The number of hydrogen-bond acceptors (Lipinski definition) is 4. The third-order valence-corrected chi connectivity index (χ3v) is 9.58. The van der Waals surface area contributed by atoms with Gasteiger partial charge < -0.3 is 20.0 Å². The van der Waals surface area contributed by atoms with E-state index in [0.29, 0.717) is 31.5 Å². The molecular weight excluding hydrogens is 512 g/mol. The molecule has 3 aromatic rings. The maximum Gasteiger partial charge on any atom is 0.318 e. The lowest BCUT2D eigenvalue weighted by Gasteiger charge is -2.41. The normalized spacial score (nSPS) is 20.3. The largest absolute Gasteiger partial charge is 0.341 e. The number of carbonyl (C=O) groups is 2. The van der Waals surface area contributed by atoms with Crippen molar-refractivity contribution in [3.63, 3.8) is 0 Å². The average molecular weight is 557 g/mol. The van der Waals surface area contributed by atoms with Crippen LogP contribution in [0.4, 0.5) is 4.79 Å². The van der Waals surface area contributed by atoms with Gasteiger partial charge in [0.05, 0.1) is 11.7 Å². The van der Waals surface area contributed by atoms with Crippen LogP contribution < -0.4 is 5.32 Å². The van der Waals surface area contributed by atoms with Crippen LogP contribution >= 0.6 is 0 Å². The fourth-order valence-corrected chi connectivity index (χ4v) is 7.20. The lowest BCUT2D eigenvalue weighted by molar-refractivity contribution is -0.134. The van der Waals surface area contributed by atoms with Gasteiger partial charge in [0.1, 0.15) is 6.04 Å². The highest BCUT2D eigenvalue weighted by atomic mass is 16.2. The summed E-state index contributed by atoms with van der Waals surface area (Å²) in [6.45, 7) is 7.36. The highest BCUT2D eigenvalue weighted by Crippen LogP contribution is 2.28. The van der Waals surface area contributed by atoms with E-state index in [1.165, 1.54) is 37.9 Å². The Morgan fingerprint density at radius 1 is 0.927 bits per heavy atom. The number of aromatic nitrogens is 2. The van der Waals surface area contributed by atoms with Gasteiger partial charge in [-0.15, -0.1) is 0 Å². The molecule has 3 fully saturated rings. The van der Waals surface area contributed by atoms with E-state index in [0.717, 1.165) is 60.8 Å². The number of nitrogens with one attached hydrogen (secondary N) is 2. The number of urea groups is 1. The van der Waals surface area contributed by atoms with E-state index in [4.69, 9.17) is 0 Å². The number of amides is 3. The summed E-state index contributed by atoms with van der Waals surface area (Å²) in [6.07, 6.45) is 10.1. The van der Waals surface area contributed by atoms with Crippen LogP contribution in [0.25, 0.3) is 10.9 Å². The zero-order chi connectivity index (χ0) is 28.2. The van der Waals surface area contributed by atoms with E-state index in [2.05, 4.69) is 63.7 Å². The topological polar surface area (TPSA) is 84.6 Å². The maximum atomic E-state index is 14.0. The highest BCUT2D eigenvalue weighted by molar-refractivity contribution is 5.88. The molecule has 3 saturated heterocycles. The molecule has 1 atom stereocenters. The number of fused-ring (bicyclic) bond motifs is 1. The number of carbonyl (C=O) groups excluding carboxylic acids is 2. The number of piperidine rings is 3. The lowest BCUT2D eigenvalue weighted by Crippen LogP contribution is -2.56. The molecule has 3 aliphatic heterocycles. The molecule has 0 aliphatic carbocycles. The Morgan fingerprint density at radius 3 is 2.37 bits per heavy atom. The fourth-order valence-electron chi connectivity index (χ4n) is 7.20. The molecule has 8 nitrogen and oxygen atoms in total. The molecule has 3 amide bonds. The van der Waals surface area contributed by atoms with Gasteiger partial charge in [0.15, 0.2) is 0 Å². The third kappa shape index (κ3) is 6.43. The van der Waals surface area contributed by atoms with E-state index in [-0.39, 0.29) is 11.9 Å². The van der Waals surface area contributed by atoms with Gasteiger partial charge in [-0.1, -0.05) is 42.8 Å².